The first-order valence-corrected chi connectivity index (χ1v) is 12.6. The monoisotopic (exact) mass is 521 g/mol. The first-order valence-electron chi connectivity index (χ1n) is 11.1. The highest BCUT2D eigenvalue weighted by Crippen LogP contribution is 2.30. The maximum atomic E-state index is 13.2. The lowest BCUT2D eigenvalue weighted by Crippen LogP contribution is -2.45. The maximum Gasteiger partial charge on any atom is 0.433 e. The van der Waals surface area contributed by atoms with Crippen molar-refractivity contribution >= 4 is 15.9 Å². The average Bonchev–Trinajstić information content (AvgIpc) is 3.33. The molecule has 6 nitrogen and oxygen atoms in total. The number of nitrogens with zero attached hydrogens (tertiary/aromatic N) is 2. The number of hydrogen-bond acceptors (Lipinski definition) is 4. The molecular formula is C25H23F4N3O3S. The molecule has 0 spiro atoms. The van der Waals surface area contributed by atoms with Crippen molar-refractivity contribution in [1.29, 1.82) is 0 Å². The number of carbonyl (C=O) groups excluding carboxylic acids is 1. The van der Waals surface area contributed by atoms with Crippen molar-refractivity contribution in [2.24, 2.45) is 0 Å². The van der Waals surface area contributed by atoms with E-state index in [4.69, 9.17) is 0 Å². The Hall–Kier alpha value is -3.31. The average molecular weight is 522 g/mol. The van der Waals surface area contributed by atoms with Gasteiger partial charge < -0.3 is 5.32 Å². The summed E-state index contributed by atoms with van der Waals surface area (Å²) < 4.78 is 78.8. The molecule has 1 aliphatic heterocycles. The Kier molecular flexibility index (Phi) is 7.14. The zero-order chi connectivity index (χ0) is 26.1. The predicted molar refractivity (Wildman–Crippen MR) is 125 cm³/mol. The van der Waals surface area contributed by atoms with Crippen LogP contribution >= 0.6 is 0 Å². The number of pyridine rings is 1. The minimum absolute atomic E-state index is 0.0860. The number of aromatic nitrogens is 1. The van der Waals surface area contributed by atoms with Crippen molar-refractivity contribution in [3.63, 3.8) is 0 Å². The molecule has 1 saturated heterocycles. The van der Waals surface area contributed by atoms with E-state index in [-0.39, 0.29) is 18.0 Å². The van der Waals surface area contributed by atoms with Crippen LogP contribution in [0, 0.1) is 12.7 Å². The molecule has 1 unspecified atom stereocenters. The summed E-state index contributed by atoms with van der Waals surface area (Å²) >= 11 is 0. The summed E-state index contributed by atoms with van der Waals surface area (Å²) in [6, 6.07) is 11.2. The molecule has 11 heteroatoms. The standard InChI is InChI=1S/C25H23F4N3O3S/c1-16-11-17(13-19(12-16)18-4-9-23(30-15-18)25(27,28)29)14-31-24(33)22-3-2-10-32(22)36(34,35)21-7-5-20(26)6-8-21/h4-9,11-13,15,22H,2-3,10,14H2,1H3,(H,31,33). The van der Waals surface area contributed by atoms with Crippen LogP contribution < -0.4 is 5.32 Å². The van der Waals surface area contributed by atoms with Gasteiger partial charge in [0.05, 0.1) is 4.90 Å². The van der Waals surface area contributed by atoms with Crippen LogP contribution in [0.2, 0.25) is 0 Å². The molecule has 3 aromatic rings. The highest BCUT2D eigenvalue weighted by Gasteiger charge is 2.39. The predicted octanol–water partition coefficient (Wildman–Crippen LogP) is 4.68. The highest BCUT2D eigenvalue weighted by atomic mass is 32.2. The molecule has 4 rings (SSSR count). The molecule has 1 fully saturated rings. The third-order valence-electron chi connectivity index (χ3n) is 5.92. The van der Waals surface area contributed by atoms with Crippen LogP contribution in [0.5, 0.6) is 0 Å². The Labute approximate surface area is 206 Å². The largest absolute Gasteiger partial charge is 0.433 e. The summed E-state index contributed by atoms with van der Waals surface area (Å²) in [6.07, 6.45) is -2.52. The lowest BCUT2D eigenvalue weighted by molar-refractivity contribution is -0.141. The Balaban J connectivity index is 1.48. The van der Waals surface area contributed by atoms with E-state index in [2.05, 4.69) is 10.3 Å². The molecule has 1 N–H and O–H groups in total. The van der Waals surface area contributed by atoms with Gasteiger partial charge in [-0.1, -0.05) is 23.8 Å². The van der Waals surface area contributed by atoms with E-state index < -0.39 is 39.7 Å². The fourth-order valence-corrected chi connectivity index (χ4v) is 5.86. The zero-order valence-corrected chi connectivity index (χ0v) is 20.0. The molecule has 0 radical (unpaired) electrons. The minimum atomic E-state index is -4.53. The number of hydrogen-bond donors (Lipinski definition) is 1. The summed E-state index contributed by atoms with van der Waals surface area (Å²) in [5.41, 5.74) is 1.68. The molecule has 2 aromatic carbocycles. The van der Waals surface area contributed by atoms with Gasteiger partial charge in [0.25, 0.3) is 0 Å². The number of sulfonamides is 1. The molecule has 190 valence electrons. The summed E-state index contributed by atoms with van der Waals surface area (Å²) in [6.45, 7) is 2.09. The van der Waals surface area contributed by atoms with Crippen LogP contribution in [-0.4, -0.2) is 36.2 Å². The van der Waals surface area contributed by atoms with Crippen molar-refractivity contribution in [3.8, 4) is 11.1 Å². The Bertz CT molecular complexity index is 1360. The van der Waals surface area contributed by atoms with E-state index in [9.17, 15) is 30.8 Å². The number of carbonyl (C=O) groups is 1. The van der Waals surface area contributed by atoms with Crippen LogP contribution in [0.3, 0.4) is 0 Å². The van der Waals surface area contributed by atoms with Crippen molar-refractivity contribution < 1.29 is 30.8 Å². The van der Waals surface area contributed by atoms with Gasteiger partial charge >= 0.3 is 6.18 Å². The summed E-state index contributed by atoms with van der Waals surface area (Å²) in [5, 5.41) is 2.77. The fourth-order valence-electron chi connectivity index (χ4n) is 4.20. The zero-order valence-electron chi connectivity index (χ0n) is 19.2. The highest BCUT2D eigenvalue weighted by molar-refractivity contribution is 7.89. The number of nitrogens with one attached hydrogen (secondary N) is 1. The first-order chi connectivity index (χ1) is 16.9. The van der Waals surface area contributed by atoms with E-state index in [0.29, 0.717) is 29.5 Å². The summed E-state index contributed by atoms with van der Waals surface area (Å²) in [4.78, 5) is 16.3. The van der Waals surface area contributed by atoms with E-state index in [1.165, 1.54) is 18.2 Å². The van der Waals surface area contributed by atoms with E-state index >= 15 is 0 Å². The fraction of sp³-hybridized carbons (Fsp3) is 0.280. The number of rotatable bonds is 6. The van der Waals surface area contributed by atoms with Gasteiger partial charge in [-0.3, -0.25) is 9.78 Å². The number of amides is 1. The number of halogens is 4. The van der Waals surface area contributed by atoms with Gasteiger partial charge in [-0.2, -0.15) is 17.5 Å². The van der Waals surface area contributed by atoms with Crippen LogP contribution in [0.15, 0.2) is 65.7 Å². The number of aryl methyl sites for hydroxylation is 1. The summed E-state index contributed by atoms with van der Waals surface area (Å²) in [5.74, 6) is -1.02. The van der Waals surface area contributed by atoms with Crippen LogP contribution in [0.4, 0.5) is 17.6 Å². The quantitative estimate of drug-likeness (QED) is 0.478. The Morgan fingerprint density at radius 2 is 1.81 bits per heavy atom. The second-order valence-electron chi connectivity index (χ2n) is 8.58. The lowest BCUT2D eigenvalue weighted by Gasteiger charge is -2.23. The third-order valence-corrected chi connectivity index (χ3v) is 7.84. The van der Waals surface area contributed by atoms with Crippen molar-refractivity contribution in [1.82, 2.24) is 14.6 Å². The number of alkyl halides is 3. The smallest absolute Gasteiger partial charge is 0.351 e. The normalized spacial score (nSPS) is 16.8. The van der Waals surface area contributed by atoms with Crippen LogP contribution in [0.25, 0.3) is 11.1 Å². The molecule has 2 heterocycles. The van der Waals surface area contributed by atoms with Gasteiger partial charge in [-0.15, -0.1) is 0 Å². The molecule has 1 aliphatic rings. The van der Waals surface area contributed by atoms with Crippen LogP contribution in [0.1, 0.15) is 29.7 Å². The van der Waals surface area contributed by atoms with Crippen molar-refractivity contribution in [2.75, 3.05) is 6.54 Å². The van der Waals surface area contributed by atoms with E-state index in [1.54, 1.807) is 12.1 Å². The maximum absolute atomic E-state index is 13.2. The van der Waals surface area contributed by atoms with Crippen molar-refractivity contribution in [3.05, 3.63) is 83.4 Å². The molecule has 1 amide bonds. The molecule has 1 atom stereocenters. The SMILES string of the molecule is Cc1cc(CNC(=O)C2CCCN2S(=O)(=O)c2ccc(F)cc2)cc(-c2ccc(C(F)(F)F)nc2)c1. The Morgan fingerprint density at radius 3 is 2.44 bits per heavy atom. The van der Waals surface area contributed by atoms with Gasteiger partial charge in [0.1, 0.15) is 17.6 Å². The van der Waals surface area contributed by atoms with Gasteiger partial charge in [0, 0.05) is 24.8 Å². The molecule has 0 aliphatic carbocycles. The minimum Gasteiger partial charge on any atom is -0.351 e. The first kappa shape index (κ1) is 25.8. The van der Waals surface area contributed by atoms with Crippen LogP contribution in [-0.2, 0) is 27.5 Å². The molecular weight excluding hydrogens is 498 g/mol. The van der Waals surface area contributed by atoms with Crippen molar-refractivity contribution in [2.45, 2.75) is 43.4 Å². The molecule has 0 saturated carbocycles. The van der Waals surface area contributed by atoms with Gasteiger partial charge in [-0.05, 0) is 67.3 Å². The molecule has 0 bridgehead atoms. The second kappa shape index (κ2) is 9.98. The Morgan fingerprint density at radius 1 is 1.08 bits per heavy atom. The second-order valence-corrected chi connectivity index (χ2v) is 10.5. The lowest BCUT2D eigenvalue weighted by atomic mass is 10.0. The van der Waals surface area contributed by atoms with E-state index in [0.717, 1.165) is 34.3 Å². The van der Waals surface area contributed by atoms with E-state index in [1.807, 2.05) is 13.0 Å². The third kappa shape index (κ3) is 5.57. The summed E-state index contributed by atoms with van der Waals surface area (Å²) in [7, 11) is -3.98. The topological polar surface area (TPSA) is 79.4 Å². The molecule has 36 heavy (non-hydrogen) atoms. The van der Waals surface area contributed by atoms with Gasteiger partial charge in [0.15, 0.2) is 0 Å². The van der Waals surface area contributed by atoms with Gasteiger partial charge in [-0.25, -0.2) is 12.8 Å². The molecule has 1 aromatic heterocycles. The number of benzene rings is 2. The van der Waals surface area contributed by atoms with Gasteiger partial charge in [0.2, 0.25) is 15.9 Å².